The fraction of sp³-hybridized carbons (Fsp3) is 0.0769. The van der Waals surface area contributed by atoms with Crippen LogP contribution in [0.3, 0.4) is 0 Å². The van der Waals surface area contributed by atoms with E-state index in [4.69, 9.17) is 15.2 Å². The monoisotopic (exact) mass is 308 g/mol. The Kier molecular flexibility index (Phi) is 3.02. The molecule has 0 aromatic heterocycles. The Labute approximate surface area is 121 Å². The third-order valence-electron chi connectivity index (χ3n) is 2.93. The molecule has 0 aliphatic carbocycles. The van der Waals surface area contributed by atoms with Gasteiger partial charge in [0.1, 0.15) is 5.75 Å². The van der Waals surface area contributed by atoms with Crippen molar-refractivity contribution < 1.29 is 23.0 Å². The van der Waals surface area contributed by atoms with E-state index in [9.17, 15) is 13.5 Å². The topological polar surface area (TPSA) is 111 Å². The lowest BCUT2D eigenvalue weighted by molar-refractivity contribution is 0.174. The largest absolute Gasteiger partial charge is 0.506 e. The summed E-state index contributed by atoms with van der Waals surface area (Å²) in [6.07, 6.45) is 0. The van der Waals surface area contributed by atoms with Gasteiger partial charge in [0.2, 0.25) is 6.79 Å². The normalized spacial score (nSPS) is 13.1. The van der Waals surface area contributed by atoms with E-state index < -0.39 is 10.0 Å². The summed E-state index contributed by atoms with van der Waals surface area (Å²) in [6.45, 7) is 0.111. The van der Waals surface area contributed by atoms with Crippen molar-refractivity contribution in [3.8, 4) is 17.2 Å². The van der Waals surface area contributed by atoms with Crippen LogP contribution in [0.4, 0.5) is 11.4 Å². The van der Waals surface area contributed by atoms with E-state index in [1.807, 2.05) is 0 Å². The second kappa shape index (κ2) is 4.74. The lowest BCUT2D eigenvalue weighted by Gasteiger charge is -2.09. The minimum Gasteiger partial charge on any atom is -0.506 e. The highest BCUT2D eigenvalue weighted by molar-refractivity contribution is 7.92. The van der Waals surface area contributed by atoms with E-state index in [2.05, 4.69) is 4.72 Å². The Morgan fingerprint density at radius 3 is 2.62 bits per heavy atom. The van der Waals surface area contributed by atoms with E-state index in [0.717, 1.165) is 0 Å². The standard InChI is InChI=1S/C13H12N2O5S/c14-10-6-9(2-3-11(10)16)21(17,18)15-8-1-4-12-13(5-8)20-7-19-12/h1-6,15-16H,7,14H2. The average molecular weight is 308 g/mol. The Morgan fingerprint density at radius 1 is 1.10 bits per heavy atom. The molecule has 4 N–H and O–H groups in total. The highest BCUT2D eigenvalue weighted by Crippen LogP contribution is 2.35. The van der Waals surface area contributed by atoms with Crippen molar-refractivity contribution in [2.75, 3.05) is 17.2 Å². The number of phenolic OH excluding ortho intramolecular Hbond substituents is 1. The quantitative estimate of drug-likeness (QED) is 0.585. The Bertz CT molecular complexity index is 804. The highest BCUT2D eigenvalue weighted by Gasteiger charge is 2.18. The van der Waals surface area contributed by atoms with Gasteiger partial charge in [-0.2, -0.15) is 0 Å². The Hall–Kier alpha value is -2.61. The number of anilines is 2. The van der Waals surface area contributed by atoms with Gasteiger partial charge in [-0.15, -0.1) is 0 Å². The van der Waals surface area contributed by atoms with Gasteiger partial charge in [0.15, 0.2) is 11.5 Å². The molecular weight excluding hydrogens is 296 g/mol. The molecule has 0 radical (unpaired) electrons. The van der Waals surface area contributed by atoms with Crippen molar-refractivity contribution in [1.82, 2.24) is 0 Å². The number of nitrogens with one attached hydrogen (secondary N) is 1. The molecule has 2 aromatic rings. The summed E-state index contributed by atoms with van der Waals surface area (Å²) in [5.74, 6) is 0.865. The summed E-state index contributed by atoms with van der Waals surface area (Å²) in [6, 6.07) is 8.39. The van der Waals surface area contributed by atoms with Gasteiger partial charge in [0, 0.05) is 6.07 Å². The maximum Gasteiger partial charge on any atom is 0.261 e. The van der Waals surface area contributed by atoms with Crippen LogP contribution < -0.4 is 19.9 Å². The summed E-state index contributed by atoms with van der Waals surface area (Å²) >= 11 is 0. The zero-order chi connectivity index (χ0) is 15.0. The predicted molar refractivity (Wildman–Crippen MR) is 75.9 cm³/mol. The van der Waals surface area contributed by atoms with Gasteiger partial charge in [-0.1, -0.05) is 0 Å². The van der Waals surface area contributed by atoms with Crippen molar-refractivity contribution >= 4 is 21.4 Å². The summed E-state index contributed by atoms with van der Waals surface area (Å²) in [5.41, 5.74) is 5.83. The van der Waals surface area contributed by atoms with Crippen LogP contribution in [-0.4, -0.2) is 20.3 Å². The number of phenols is 1. The van der Waals surface area contributed by atoms with Crippen molar-refractivity contribution in [3.05, 3.63) is 36.4 Å². The molecule has 1 aliphatic rings. The van der Waals surface area contributed by atoms with Gasteiger partial charge in [-0.05, 0) is 30.3 Å². The molecule has 0 unspecified atom stereocenters. The van der Waals surface area contributed by atoms with Gasteiger partial charge in [0.05, 0.1) is 16.3 Å². The summed E-state index contributed by atoms with van der Waals surface area (Å²) in [4.78, 5) is -0.0459. The average Bonchev–Trinajstić information content (AvgIpc) is 2.88. The smallest absolute Gasteiger partial charge is 0.261 e. The number of aromatic hydroxyl groups is 1. The van der Waals surface area contributed by atoms with E-state index in [0.29, 0.717) is 17.2 Å². The van der Waals surface area contributed by atoms with Crippen LogP contribution in [0, 0.1) is 0 Å². The first-order chi connectivity index (χ1) is 9.95. The fourth-order valence-electron chi connectivity index (χ4n) is 1.87. The van der Waals surface area contributed by atoms with E-state index in [1.165, 1.54) is 24.3 Å². The first kappa shape index (κ1) is 13.4. The first-order valence-corrected chi connectivity index (χ1v) is 7.45. The van der Waals surface area contributed by atoms with Gasteiger partial charge in [-0.3, -0.25) is 4.72 Å². The van der Waals surface area contributed by atoms with Crippen molar-refractivity contribution in [2.24, 2.45) is 0 Å². The Balaban J connectivity index is 1.90. The van der Waals surface area contributed by atoms with Crippen molar-refractivity contribution in [2.45, 2.75) is 4.90 Å². The van der Waals surface area contributed by atoms with Crippen LogP contribution in [0.2, 0.25) is 0 Å². The summed E-state index contributed by atoms with van der Waals surface area (Å²) < 4.78 is 37.2. The fourth-order valence-corrected chi connectivity index (χ4v) is 2.96. The maximum absolute atomic E-state index is 12.2. The molecule has 1 heterocycles. The molecule has 2 aromatic carbocycles. The molecule has 0 bridgehead atoms. The lowest BCUT2D eigenvalue weighted by Crippen LogP contribution is -2.13. The molecule has 1 aliphatic heterocycles. The third kappa shape index (κ3) is 2.52. The highest BCUT2D eigenvalue weighted by atomic mass is 32.2. The lowest BCUT2D eigenvalue weighted by atomic mass is 10.3. The zero-order valence-corrected chi connectivity index (χ0v) is 11.6. The van der Waals surface area contributed by atoms with Gasteiger partial charge in [0.25, 0.3) is 10.0 Å². The number of benzene rings is 2. The van der Waals surface area contributed by atoms with E-state index in [-0.39, 0.29) is 23.1 Å². The number of nitrogens with two attached hydrogens (primary N) is 1. The molecule has 0 spiro atoms. The van der Waals surface area contributed by atoms with Gasteiger partial charge < -0.3 is 20.3 Å². The predicted octanol–water partition coefficient (Wildman–Crippen LogP) is 1.50. The molecule has 0 atom stereocenters. The van der Waals surface area contributed by atoms with Crippen LogP contribution >= 0.6 is 0 Å². The third-order valence-corrected chi connectivity index (χ3v) is 4.31. The van der Waals surface area contributed by atoms with Crippen LogP contribution in [0.25, 0.3) is 0 Å². The summed E-state index contributed by atoms with van der Waals surface area (Å²) in [7, 11) is -3.81. The first-order valence-electron chi connectivity index (χ1n) is 5.97. The molecule has 0 amide bonds. The van der Waals surface area contributed by atoms with Crippen molar-refractivity contribution in [3.63, 3.8) is 0 Å². The van der Waals surface area contributed by atoms with E-state index in [1.54, 1.807) is 12.1 Å². The van der Waals surface area contributed by atoms with E-state index >= 15 is 0 Å². The molecule has 8 heteroatoms. The number of sulfonamides is 1. The molecule has 0 saturated carbocycles. The molecule has 110 valence electrons. The number of hydrogen-bond acceptors (Lipinski definition) is 6. The maximum atomic E-state index is 12.2. The molecule has 7 nitrogen and oxygen atoms in total. The second-order valence-electron chi connectivity index (χ2n) is 4.39. The van der Waals surface area contributed by atoms with Gasteiger partial charge >= 0.3 is 0 Å². The summed E-state index contributed by atoms with van der Waals surface area (Å²) in [5, 5.41) is 9.33. The number of fused-ring (bicyclic) bond motifs is 1. The SMILES string of the molecule is Nc1cc(S(=O)(=O)Nc2ccc3c(c2)OCO3)ccc1O. The van der Waals surface area contributed by atoms with Gasteiger partial charge in [-0.25, -0.2) is 8.42 Å². The number of hydrogen-bond donors (Lipinski definition) is 3. The molecular formula is C13H12N2O5S. The Morgan fingerprint density at radius 2 is 1.86 bits per heavy atom. The number of ether oxygens (including phenoxy) is 2. The second-order valence-corrected chi connectivity index (χ2v) is 6.08. The number of nitrogen functional groups attached to an aromatic ring is 1. The molecule has 3 rings (SSSR count). The van der Waals surface area contributed by atoms with Crippen LogP contribution in [-0.2, 0) is 10.0 Å². The van der Waals surface area contributed by atoms with Crippen molar-refractivity contribution in [1.29, 1.82) is 0 Å². The van der Waals surface area contributed by atoms with Crippen LogP contribution in [0.15, 0.2) is 41.3 Å². The minimum absolute atomic E-state index is 0.0106. The number of rotatable bonds is 3. The minimum atomic E-state index is -3.81. The van der Waals surface area contributed by atoms with Crippen LogP contribution in [0.5, 0.6) is 17.2 Å². The molecule has 0 saturated heterocycles. The van der Waals surface area contributed by atoms with Crippen LogP contribution in [0.1, 0.15) is 0 Å². The zero-order valence-electron chi connectivity index (χ0n) is 10.7. The molecule has 0 fully saturated rings. The molecule has 21 heavy (non-hydrogen) atoms.